The molecule has 0 aliphatic rings. The highest BCUT2D eigenvalue weighted by molar-refractivity contribution is 9.10. The molecule has 0 saturated carbocycles. The van der Waals surface area contributed by atoms with E-state index in [1.54, 1.807) is 0 Å². The van der Waals surface area contributed by atoms with Crippen LogP contribution in [0.1, 0.15) is 79.1 Å². The first-order valence-electron chi connectivity index (χ1n) is 16.4. The van der Waals surface area contributed by atoms with Gasteiger partial charge in [-0.2, -0.15) is 0 Å². The van der Waals surface area contributed by atoms with Gasteiger partial charge in [0.25, 0.3) is 0 Å². The van der Waals surface area contributed by atoms with Gasteiger partial charge in [0, 0.05) is 52.1 Å². The SMILES string of the molecule is CCCCC(=O)OC(COCCC)COc1c2ccccc2c(OCC(COCCC)OC(=O)CCCC)c2cc(Br)ccc12. The van der Waals surface area contributed by atoms with Crippen molar-refractivity contribution in [2.75, 3.05) is 39.6 Å². The van der Waals surface area contributed by atoms with E-state index in [1.807, 2.05) is 70.2 Å². The van der Waals surface area contributed by atoms with Crippen molar-refractivity contribution in [3.8, 4) is 11.5 Å². The van der Waals surface area contributed by atoms with Crippen molar-refractivity contribution < 1.29 is 38.0 Å². The summed E-state index contributed by atoms with van der Waals surface area (Å²) in [5, 5.41) is 3.38. The van der Waals surface area contributed by atoms with Gasteiger partial charge in [-0.05, 0) is 43.9 Å². The lowest BCUT2D eigenvalue weighted by atomic mass is 10.0. The second-order valence-electron chi connectivity index (χ2n) is 11.1. The molecule has 45 heavy (non-hydrogen) atoms. The topological polar surface area (TPSA) is 89.5 Å². The molecule has 0 aliphatic heterocycles. The maximum atomic E-state index is 12.5. The Morgan fingerprint density at radius 2 is 1.09 bits per heavy atom. The second-order valence-corrected chi connectivity index (χ2v) is 12.0. The number of carbonyl (C=O) groups is 2. The number of rotatable bonds is 22. The van der Waals surface area contributed by atoms with Gasteiger partial charge >= 0.3 is 11.9 Å². The fourth-order valence-corrected chi connectivity index (χ4v) is 5.18. The van der Waals surface area contributed by atoms with Crippen LogP contribution in [0.25, 0.3) is 21.5 Å². The van der Waals surface area contributed by atoms with Crippen LogP contribution in [0.5, 0.6) is 11.5 Å². The number of unbranched alkanes of at least 4 members (excludes halogenated alkanes) is 2. The summed E-state index contributed by atoms with van der Waals surface area (Å²) in [6.45, 7) is 10.1. The largest absolute Gasteiger partial charge is 0.488 e. The summed E-state index contributed by atoms with van der Waals surface area (Å²) in [5.41, 5.74) is 0. The van der Waals surface area contributed by atoms with Gasteiger partial charge in [-0.3, -0.25) is 9.59 Å². The summed E-state index contributed by atoms with van der Waals surface area (Å²) in [6, 6.07) is 13.8. The molecular weight excluding hydrogens is 640 g/mol. The fraction of sp³-hybridized carbons (Fsp3) is 0.556. The van der Waals surface area contributed by atoms with Gasteiger partial charge in [-0.15, -0.1) is 0 Å². The first-order chi connectivity index (χ1) is 21.9. The van der Waals surface area contributed by atoms with Crippen molar-refractivity contribution in [1.29, 1.82) is 0 Å². The van der Waals surface area contributed by atoms with Gasteiger partial charge in [0.2, 0.25) is 0 Å². The lowest BCUT2D eigenvalue weighted by Crippen LogP contribution is -2.30. The van der Waals surface area contributed by atoms with Gasteiger partial charge in [-0.25, -0.2) is 0 Å². The number of ether oxygens (including phenoxy) is 6. The van der Waals surface area contributed by atoms with Gasteiger partial charge in [0.15, 0.2) is 12.2 Å². The van der Waals surface area contributed by atoms with E-state index in [4.69, 9.17) is 28.4 Å². The number of carbonyl (C=O) groups excluding carboxylic acids is 2. The Morgan fingerprint density at radius 3 is 1.56 bits per heavy atom. The van der Waals surface area contributed by atoms with E-state index in [0.717, 1.165) is 64.5 Å². The molecule has 0 radical (unpaired) electrons. The Bertz CT molecular complexity index is 1340. The monoisotopic (exact) mass is 688 g/mol. The minimum absolute atomic E-state index is 0.137. The maximum absolute atomic E-state index is 12.5. The van der Waals surface area contributed by atoms with Crippen LogP contribution in [-0.2, 0) is 28.5 Å². The molecule has 8 nitrogen and oxygen atoms in total. The van der Waals surface area contributed by atoms with Crippen LogP contribution in [0.2, 0.25) is 0 Å². The number of esters is 2. The third kappa shape index (κ3) is 11.8. The van der Waals surface area contributed by atoms with E-state index in [0.29, 0.717) is 37.6 Å². The van der Waals surface area contributed by atoms with Gasteiger partial charge in [-0.1, -0.05) is 80.7 Å². The van der Waals surface area contributed by atoms with E-state index in [9.17, 15) is 9.59 Å². The third-order valence-electron chi connectivity index (χ3n) is 7.08. The van der Waals surface area contributed by atoms with Crippen molar-refractivity contribution >= 4 is 49.4 Å². The zero-order valence-electron chi connectivity index (χ0n) is 27.2. The Labute approximate surface area is 276 Å². The summed E-state index contributed by atoms with van der Waals surface area (Å²) >= 11 is 3.62. The van der Waals surface area contributed by atoms with Crippen LogP contribution in [-0.4, -0.2) is 63.8 Å². The maximum Gasteiger partial charge on any atom is 0.306 e. The van der Waals surface area contributed by atoms with Gasteiger partial charge < -0.3 is 28.4 Å². The summed E-state index contributed by atoms with van der Waals surface area (Å²) in [6.07, 6.45) is 4.74. The Morgan fingerprint density at radius 1 is 0.622 bits per heavy atom. The standard InChI is InChI=1S/C36H49BrO8/c1-5-9-15-33(38)44-27(22-40-19-7-3)24-42-35-29-13-11-12-14-30(29)36(32-21-26(37)17-18-31(32)35)43-25-28(23-41-20-8-4)45-34(39)16-10-6-2/h11-14,17-18,21,27-28H,5-10,15-16,19-20,22-25H2,1-4H3. The van der Waals surface area contributed by atoms with Crippen molar-refractivity contribution in [1.82, 2.24) is 0 Å². The first-order valence-corrected chi connectivity index (χ1v) is 17.1. The lowest BCUT2D eigenvalue weighted by molar-refractivity contribution is -0.155. The van der Waals surface area contributed by atoms with Crippen molar-refractivity contribution in [2.24, 2.45) is 0 Å². The molecule has 0 aliphatic carbocycles. The molecule has 0 saturated heterocycles. The minimum atomic E-state index is -0.552. The van der Waals surface area contributed by atoms with Crippen molar-refractivity contribution in [2.45, 2.75) is 91.3 Å². The normalized spacial score (nSPS) is 12.6. The number of hydrogen-bond acceptors (Lipinski definition) is 8. The number of benzene rings is 3. The Hall–Kier alpha value is -2.88. The van der Waals surface area contributed by atoms with Crippen LogP contribution in [0.15, 0.2) is 46.9 Å². The molecule has 2 unspecified atom stereocenters. The highest BCUT2D eigenvalue weighted by atomic mass is 79.9. The molecule has 3 rings (SSSR count). The molecule has 2 atom stereocenters. The molecule has 0 spiro atoms. The highest BCUT2D eigenvalue weighted by Gasteiger charge is 2.22. The molecule has 0 amide bonds. The Kier molecular flexibility index (Phi) is 16.5. The first kappa shape index (κ1) is 36.6. The molecular formula is C36H49BrO8. The zero-order valence-corrected chi connectivity index (χ0v) is 28.8. The van der Waals surface area contributed by atoms with Crippen LogP contribution in [0.3, 0.4) is 0 Å². The molecule has 0 aromatic heterocycles. The minimum Gasteiger partial charge on any atom is -0.488 e. The molecule has 0 fully saturated rings. The van der Waals surface area contributed by atoms with Crippen LogP contribution >= 0.6 is 15.9 Å². The number of halogens is 1. The van der Waals surface area contributed by atoms with Crippen molar-refractivity contribution in [3.63, 3.8) is 0 Å². The quantitative estimate of drug-likeness (QED) is 0.0589. The highest BCUT2D eigenvalue weighted by Crippen LogP contribution is 2.43. The van der Waals surface area contributed by atoms with Crippen LogP contribution in [0.4, 0.5) is 0 Å². The van der Waals surface area contributed by atoms with E-state index in [1.165, 1.54) is 0 Å². The van der Waals surface area contributed by atoms with E-state index in [-0.39, 0.29) is 38.4 Å². The number of fused-ring (bicyclic) bond motifs is 2. The molecule has 248 valence electrons. The predicted octanol–water partition coefficient (Wildman–Crippen LogP) is 8.57. The molecule has 9 heteroatoms. The molecule has 0 heterocycles. The van der Waals surface area contributed by atoms with Crippen LogP contribution < -0.4 is 9.47 Å². The predicted molar refractivity (Wildman–Crippen MR) is 181 cm³/mol. The third-order valence-corrected chi connectivity index (χ3v) is 7.58. The van der Waals surface area contributed by atoms with E-state index in [2.05, 4.69) is 15.9 Å². The molecule has 3 aromatic carbocycles. The molecule has 0 N–H and O–H groups in total. The average Bonchev–Trinajstić information content (AvgIpc) is 3.04. The fourth-order valence-electron chi connectivity index (χ4n) is 4.82. The average molecular weight is 690 g/mol. The van der Waals surface area contributed by atoms with Gasteiger partial charge in [0.1, 0.15) is 24.7 Å². The van der Waals surface area contributed by atoms with Crippen LogP contribution in [0, 0.1) is 0 Å². The summed E-state index contributed by atoms with van der Waals surface area (Å²) in [7, 11) is 0. The summed E-state index contributed by atoms with van der Waals surface area (Å²) in [5.74, 6) is 0.827. The van der Waals surface area contributed by atoms with Crippen molar-refractivity contribution in [3.05, 3.63) is 46.9 Å². The van der Waals surface area contributed by atoms with Gasteiger partial charge in [0.05, 0.1) is 13.2 Å². The van der Waals surface area contributed by atoms with E-state index < -0.39 is 12.2 Å². The summed E-state index contributed by atoms with van der Waals surface area (Å²) in [4.78, 5) is 25.0. The smallest absolute Gasteiger partial charge is 0.306 e. The zero-order chi connectivity index (χ0) is 32.4. The molecule has 3 aromatic rings. The lowest BCUT2D eigenvalue weighted by Gasteiger charge is -2.23. The summed E-state index contributed by atoms with van der Waals surface area (Å²) < 4.78 is 36.9. The second kappa shape index (κ2) is 20.3. The van der Waals surface area contributed by atoms with E-state index >= 15 is 0 Å². The number of hydrogen-bond donors (Lipinski definition) is 0. The molecule has 0 bridgehead atoms. The Balaban J connectivity index is 1.93.